The zero-order valence-corrected chi connectivity index (χ0v) is 17.4. The van der Waals surface area contributed by atoms with E-state index in [-0.39, 0.29) is 24.7 Å². The monoisotopic (exact) mass is 436 g/mol. The first-order valence-electron chi connectivity index (χ1n) is 9.55. The number of nitrogens with zero attached hydrogens (tertiary/aromatic N) is 3. The van der Waals surface area contributed by atoms with Crippen molar-refractivity contribution in [2.45, 2.75) is 13.3 Å². The van der Waals surface area contributed by atoms with Gasteiger partial charge in [0.15, 0.2) is 5.82 Å². The van der Waals surface area contributed by atoms with E-state index in [1.807, 2.05) is 6.07 Å². The van der Waals surface area contributed by atoms with Gasteiger partial charge in [-0.05, 0) is 54.4 Å². The SMILES string of the molecule is Cc1ccc(NC(=O)CN2C(=O)CC(c3cccc(Cl)c3)=Nc3cccnc32)cc1F. The predicted molar refractivity (Wildman–Crippen MR) is 119 cm³/mol. The second kappa shape index (κ2) is 8.65. The molecule has 156 valence electrons. The number of carbonyl (C=O) groups excluding carboxylic acids is 2. The lowest BCUT2D eigenvalue weighted by atomic mass is 10.1. The normalized spacial score (nSPS) is 13.3. The minimum Gasteiger partial charge on any atom is -0.324 e. The molecule has 0 saturated carbocycles. The number of nitrogens with one attached hydrogen (secondary N) is 1. The maximum Gasteiger partial charge on any atom is 0.244 e. The first kappa shape index (κ1) is 20.7. The van der Waals surface area contributed by atoms with Crippen LogP contribution in [0.3, 0.4) is 0 Å². The lowest BCUT2D eigenvalue weighted by molar-refractivity contribution is -0.120. The number of benzene rings is 2. The Morgan fingerprint density at radius 2 is 2.03 bits per heavy atom. The molecule has 0 radical (unpaired) electrons. The Morgan fingerprint density at radius 3 is 2.81 bits per heavy atom. The molecule has 1 N–H and O–H groups in total. The van der Waals surface area contributed by atoms with Crippen molar-refractivity contribution in [3.8, 4) is 0 Å². The van der Waals surface area contributed by atoms with E-state index in [0.29, 0.717) is 27.7 Å². The van der Waals surface area contributed by atoms with Crippen molar-refractivity contribution >= 4 is 46.3 Å². The Kier molecular flexibility index (Phi) is 5.77. The van der Waals surface area contributed by atoms with Gasteiger partial charge in [0.2, 0.25) is 11.8 Å². The van der Waals surface area contributed by atoms with Gasteiger partial charge in [-0.3, -0.25) is 14.5 Å². The summed E-state index contributed by atoms with van der Waals surface area (Å²) in [7, 11) is 0. The summed E-state index contributed by atoms with van der Waals surface area (Å²) < 4.78 is 13.8. The van der Waals surface area contributed by atoms with Crippen LogP contribution in [0.5, 0.6) is 0 Å². The fraction of sp³-hybridized carbons (Fsp3) is 0.130. The second-order valence-electron chi connectivity index (χ2n) is 7.08. The van der Waals surface area contributed by atoms with Gasteiger partial charge in [-0.1, -0.05) is 29.8 Å². The quantitative estimate of drug-likeness (QED) is 0.645. The number of rotatable bonds is 4. The van der Waals surface area contributed by atoms with Gasteiger partial charge >= 0.3 is 0 Å². The minimum absolute atomic E-state index is 0.0247. The molecule has 2 aromatic carbocycles. The number of aromatic nitrogens is 1. The lowest BCUT2D eigenvalue weighted by Crippen LogP contribution is -2.39. The molecule has 1 aromatic heterocycles. The highest BCUT2D eigenvalue weighted by Crippen LogP contribution is 2.31. The summed E-state index contributed by atoms with van der Waals surface area (Å²) in [5.41, 5.74) is 2.51. The number of halogens is 2. The molecule has 2 amide bonds. The fourth-order valence-corrected chi connectivity index (χ4v) is 3.43. The van der Waals surface area contributed by atoms with Crippen LogP contribution in [0.15, 0.2) is 65.8 Å². The number of pyridine rings is 1. The van der Waals surface area contributed by atoms with Crippen LogP contribution in [0, 0.1) is 12.7 Å². The third kappa shape index (κ3) is 4.62. The maximum atomic E-state index is 13.8. The molecule has 0 saturated heterocycles. The summed E-state index contributed by atoms with van der Waals surface area (Å²) in [6.07, 6.45) is 1.51. The van der Waals surface area contributed by atoms with Gasteiger partial charge in [0.1, 0.15) is 18.0 Å². The Labute approximate surface area is 183 Å². The first-order chi connectivity index (χ1) is 14.9. The maximum absolute atomic E-state index is 13.8. The number of hydrogen-bond acceptors (Lipinski definition) is 4. The van der Waals surface area contributed by atoms with Gasteiger partial charge in [0.05, 0.1) is 12.1 Å². The first-order valence-corrected chi connectivity index (χ1v) is 9.93. The van der Waals surface area contributed by atoms with Gasteiger partial charge in [-0.25, -0.2) is 14.4 Å². The van der Waals surface area contributed by atoms with E-state index in [1.54, 1.807) is 49.4 Å². The Morgan fingerprint density at radius 1 is 1.19 bits per heavy atom. The van der Waals surface area contributed by atoms with E-state index in [9.17, 15) is 14.0 Å². The molecular weight excluding hydrogens is 419 g/mol. The van der Waals surface area contributed by atoms with Crippen LogP contribution in [-0.4, -0.2) is 29.1 Å². The molecule has 0 unspecified atom stereocenters. The zero-order chi connectivity index (χ0) is 22.0. The largest absolute Gasteiger partial charge is 0.324 e. The molecule has 1 aliphatic rings. The van der Waals surface area contributed by atoms with Crippen molar-refractivity contribution in [2.75, 3.05) is 16.8 Å². The molecular formula is C23H18ClFN4O2. The van der Waals surface area contributed by atoms with Gasteiger partial charge in [-0.15, -0.1) is 0 Å². The van der Waals surface area contributed by atoms with Crippen molar-refractivity contribution in [1.82, 2.24) is 4.98 Å². The van der Waals surface area contributed by atoms with Crippen LogP contribution in [0.1, 0.15) is 17.5 Å². The molecule has 0 atom stereocenters. The van der Waals surface area contributed by atoms with Crippen LogP contribution in [0.2, 0.25) is 5.02 Å². The number of anilines is 2. The highest BCUT2D eigenvalue weighted by Gasteiger charge is 2.27. The molecule has 0 spiro atoms. The highest BCUT2D eigenvalue weighted by molar-refractivity contribution is 6.31. The third-order valence-corrected chi connectivity index (χ3v) is 5.05. The van der Waals surface area contributed by atoms with Crippen molar-refractivity contribution in [3.63, 3.8) is 0 Å². The van der Waals surface area contributed by atoms with Crippen LogP contribution in [-0.2, 0) is 9.59 Å². The number of hydrogen-bond donors (Lipinski definition) is 1. The Bertz CT molecular complexity index is 1210. The topological polar surface area (TPSA) is 74.7 Å². The summed E-state index contributed by atoms with van der Waals surface area (Å²) >= 11 is 6.09. The second-order valence-corrected chi connectivity index (χ2v) is 7.52. The highest BCUT2D eigenvalue weighted by atomic mass is 35.5. The van der Waals surface area contributed by atoms with Gasteiger partial charge in [0.25, 0.3) is 0 Å². The summed E-state index contributed by atoms with van der Waals surface area (Å²) in [5, 5.41) is 3.16. The van der Waals surface area contributed by atoms with E-state index in [4.69, 9.17) is 11.6 Å². The standard InChI is InChI=1S/C23H18ClFN4O2/c1-14-7-8-17(11-18(14)25)27-21(30)13-29-22(31)12-20(15-4-2-5-16(24)10-15)28-19-6-3-9-26-23(19)29/h2-11H,12-13H2,1H3,(H,27,30). The molecule has 2 heterocycles. The van der Waals surface area contributed by atoms with Crippen LogP contribution in [0.4, 0.5) is 21.6 Å². The Hall–Kier alpha value is -3.58. The number of amides is 2. The molecule has 6 nitrogen and oxygen atoms in total. The van der Waals surface area contributed by atoms with Crippen LogP contribution >= 0.6 is 11.6 Å². The zero-order valence-electron chi connectivity index (χ0n) is 16.6. The van der Waals surface area contributed by atoms with Crippen LogP contribution in [0.25, 0.3) is 0 Å². The molecule has 4 rings (SSSR count). The van der Waals surface area contributed by atoms with Gasteiger partial charge < -0.3 is 5.32 Å². The van der Waals surface area contributed by atoms with E-state index < -0.39 is 11.7 Å². The van der Waals surface area contributed by atoms with Crippen LogP contribution < -0.4 is 10.2 Å². The van der Waals surface area contributed by atoms with Crippen molar-refractivity contribution in [1.29, 1.82) is 0 Å². The predicted octanol–water partition coefficient (Wildman–Crippen LogP) is 4.68. The fourth-order valence-electron chi connectivity index (χ4n) is 3.24. The third-order valence-electron chi connectivity index (χ3n) is 4.81. The van der Waals surface area contributed by atoms with E-state index in [0.717, 1.165) is 5.56 Å². The van der Waals surface area contributed by atoms with E-state index in [1.165, 1.54) is 17.2 Å². The average molecular weight is 437 g/mol. The van der Waals surface area contributed by atoms with Gasteiger partial charge in [-0.2, -0.15) is 0 Å². The molecule has 0 fully saturated rings. The van der Waals surface area contributed by atoms with Gasteiger partial charge in [0, 0.05) is 16.9 Å². The van der Waals surface area contributed by atoms with Crippen molar-refractivity contribution in [2.24, 2.45) is 4.99 Å². The molecule has 3 aromatic rings. The Balaban J connectivity index is 1.60. The number of fused-ring (bicyclic) bond motifs is 1. The minimum atomic E-state index is -0.473. The van der Waals surface area contributed by atoms with E-state index >= 15 is 0 Å². The summed E-state index contributed by atoms with van der Waals surface area (Å²) in [6.45, 7) is 1.35. The van der Waals surface area contributed by atoms with E-state index in [2.05, 4.69) is 15.3 Å². The average Bonchev–Trinajstić information content (AvgIpc) is 2.88. The number of aliphatic imine (C=N–C) groups is 1. The summed E-state index contributed by atoms with van der Waals surface area (Å²) in [5.74, 6) is -0.939. The molecule has 0 aliphatic carbocycles. The number of carbonyl (C=O) groups is 2. The summed E-state index contributed by atoms with van der Waals surface area (Å²) in [6, 6.07) is 14.9. The molecule has 31 heavy (non-hydrogen) atoms. The molecule has 1 aliphatic heterocycles. The number of aryl methyl sites for hydroxylation is 1. The van der Waals surface area contributed by atoms with Crippen molar-refractivity contribution in [3.05, 3.63) is 82.8 Å². The smallest absolute Gasteiger partial charge is 0.244 e. The van der Waals surface area contributed by atoms with Crippen molar-refractivity contribution < 1.29 is 14.0 Å². The summed E-state index contributed by atoms with van der Waals surface area (Å²) in [4.78, 5) is 35.9. The lowest BCUT2D eigenvalue weighted by Gasteiger charge is -2.20. The molecule has 0 bridgehead atoms. The molecule has 8 heteroatoms.